The van der Waals surface area contributed by atoms with Crippen LogP contribution in [0.4, 0.5) is 0 Å². The van der Waals surface area contributed by atoms with Crippen LogP contribution in [0.15, 0.2) is 52.9 Å². The smallest absolute Gasteiger partial charge is 0.134 e. The number of benzene rings is 2. The molecule has 3 rings (SSSR count). The molecule has 1 aromatic heterocycles. The van der Waals surface area contributed by atoms with Crippen LogP contribution in [0, 0.1) is 6.92 Å². The number of rotatable bonds is 3. The lowest BCUT2D eigenvalue weighted by atomic mass is 9.93. The summed E-state index contributed by atoms with van der Waals surface area (Å²) in [6.07, 6.45) is 0.851. The van der Waals surface area contributed by atoms with Crippen molar-refractivity contribution >= 4 is 11.0 Å². The van der Waals surface area contributed by atoms with Gasteiger partial charge in [0.15, 0.2) is 0 Å². The lowest BCUT2D eigenvalue weighted by molar-refractivity contribution is 0.546. The molecule has 1 atom stereocenters. The first-order valence-electron chi connectivity index (χ1n) is 7.03. The molecule has 2 aromatic carbocycles. The van der Waals surface area contributed by atoms with Gasteiger partial charge in [-0.25, -0.2) is 0 Å². The van der Waals surface area contributed by atoms with E-state index < -0.39 is 0 Å². The highest BCUT2D eigenvalue weighted by Gasteiger charge is 2.20. The molecule has 20 heavy (non-hydrogen) atoms. The molecule has 1 heterocycles. The third-order valence-electron chi connectivity index (χ3n) is 3.87. The molecule has 2 heteroatoms. The molecule has 2 nitrogen and oxygen atoms in total. The van der Waals surface area contributed by atoms with Gasteiger partial charge in [0.2, 0.25) is 0 Å². The van der Waals surface area contributed by atoms with Crippen LogP contribution in [0.3, 0.4) is 0 Å². The summed E-state index contributed by atoms with van der Waals surface area (Å²) >= 11 is 0. The van der Waals surface area contributed by atoms with Gasteiger partial charge < -0.3 is 10.2 Å². The summed E-state index contributed by atoms with van der Waals surface area (Å²) in [6, 6.07) is 16.3. The maximum atomic E-state index is 6.54. The number of nitrogens with two attached hydrogens (primary N) is 1. The van der Waals surface area contributed by atoms with Gasteiger partial charge in [0, 0.05) is 17.4 Å². The normalized spacial score (nSPS) is 12.8. The summed E-state index contributed by atoms with van der Waals surface area (Å²) < 4.78 is 5.95. The van der Waals surface area contributed by atoms with Crippen LogP contribution in [0.5, 0.6) is 0 Å². The standard InChI is InChI=1S/C18H19NO/c1-3-15-17(14-10-6-7-11-16(14)20-15)18(19)13-9-5-4-8-12(13)2/h4-11,18H,3,19H2,1-2H3. The lowest BCUT2D eigenvalue weighted by Gasteiger charge is -2.15. The Kier molecular flexibility index (Phi) is 3.33. The fraction of sp³-hybridized carbons (Fsp3) is 0.222. The van der Waals surface area contributed by atoms with E-state index in [9.17, 15) is 0 Å². The average molecular weight is 265 g/mol. The number of aryl methyl sites for hydroxylation is 2. The quantitative estimate of drug-likeness (QED) is 0.764. The summed E-state index contributed by atoms with van der Waals surface area (Å²) in [7, 11) is 0. The minimum Gasteiger partial charge on any atom is -0.461 e. The van der Waals surface area contributed by atoms with Gasteiger partial charge >= 0.3 is 0 Å². The molecule has 0 saturated carbocycles. The molecule has 0 aliphatic rings. The zero-order valence-electron chi connectivity index (χ0n) is 11.9. The molecular weight excluding hydrogens is 246 g/mol. The second kappa shape index (κ2) is 5.14. The first-order chi connectivity index (χ1) is 9.72. The third kappa shape index (κ3) is 2.02. The molecule has 0 amide bonds. The predicted molar refractivity (Wildman–Crippen MR) is 82.8 cm³/mol. The highest BCUT2D eigenvalue weighted by molar-refractivity contribution is 5.83. The Morgan fingerprint density at radius 3 is 2.50 bits per heavy atom. The average Bonchev–Trinajstić information content (AvgIpc) is 2.85. The highest BCUT2D eigenvalue weighted by atomic mass is 16.3. The Morgan fingerprint density at radius 2 is 1.75 bits per heavy atom. The van der Waals surface area contributed by atoms with E-state index in [2.05, 4.69) is 32.0 Å². The van der Waals surface area contributed by atoms with Crippen LogP contribution in [-0.4, -0.2) is 0 Å². The van der Waals surface area contributed by atoms with Crippen molar-refractivity contribution in [3.05, 3.63) is 71.0 Å². The molecule has 1 unspecified atom stereocenters. The summed E-state index contributed by atoms with van der Waals surface area (Å²) in [5, 5.41) is 1.13. The van der Waals surface area contributed by atoms with Crippen molar-refractivity contribution < 1.29 is 4.42 Å². The minimum absolute atomic E-state index is 0.144. The van der Waals surface area contributed by atoms with Crippen molar-refractivity contribution in [3.8, 4) is 0 Å². The monoisotopic (exact) mass is 265 g/mol. The van der Waals surface area contributed by atoms with Crippen LogP contribution in [-0.2, 0) is 6.42 Å². The number of hydrogen-bond donors (Lipinski definition) is 1. The van der Waals surface area contributed by atoms with Gasteiger partial charge in [0.1, 0.15) is 11.3 Å². The van der Waals surface area contributed by atoms with Gasteiger partial charge in [-0.3, -0.25) is 0 Å². The molecule has 0 bridgehead atoms. The Bertz CT molecular complexity index is 742. The first-order valence-corrected chi connectivity index (χ1v) is 7.03. The van der Waals surface area contributed by atoms with Crippen LogP contribution in [0.2, 0.25) is 0 Å². The van der Waals surface area contributed by atoms with E-state index in [0.29, 0.717) is 0 Å². The molecule has 102 valence electrons. The second-order valence-corrected chi connectivity index (χ2v) is 5.12. The van der Waals surface area contributed by atoms with Crippen molar-refractivity contribution in [1.29, 1.82) is 0 Å². The van der Waals surface area contributed by atoms with Crippen molar-refractivity contribution in [3.63, 3.8) is 0 Å². The van der Waals surface area contributed by atoms with E-state index in [0.717, 1.165) is 34.3 Å². The summed E-state index contributed by atoms with van der Waals surface area (Å²) in [4.78, 5) is 0. The maximum absolute atomic E-state index is 6.54. The zero-order chi connectivity index (χ0) is 14.1. The van der Waals surface area contributed by atoms with Crippen LogP contribution in [0.25, 0.3) is 11.0 Å². The van der Waals surface area contributed by atoms with E-state index in [4.69, 9.17) is 10.2 Å². The van der Waals surface area contributed by atoms with Gasteiger partial charge in [-0.15, -0.1) is 0 Å². The van der Waals surface area contributed by atoms with Crippen molar-refractivity contribution in [2.24, 2.45) is 5.73 Å². The van der Waals surface area contributed by atoms with E-state index >= 15 is 0 Å². The SMILES string of the molecule is CCc1oc2ccccc2c1C(N)c1ccccc1C. The predicted octanol–water partition coefficient (Wildman–Crippen LogP) is 4.35. The van der Waals surface area contributed by atoms with Crippen LogP contribution >= 0.6 is 0 Å². The number of hydrogen-bond acceptors (Lipinski definition) is 2. The van der Waals surface area contributed by atoms with Gasteiger partial charge in [0.05, 0.1) is 6.04 Å². The molecule has 0 spiro atoms. The van der Waals surface area contributed by atoms with E-state index in [1.165, 1.54) is 5.56 Å². The number of furan rings is 1. The van der Waals surface area contributed by atoms with E-state index in [1.807, 2.05) is 30.3 Å². The van der Waals surface area contributed by atoms with E-state index in [1.54, 1.807) is 0 Å². The van der Waals surface area contributed by atoms with Crippen LogP contribution < -0.4 is 5.73 Å². The molecule has 0 fully saturated rings. The van der Waals surface area contributed by atoms with Gasteiger partial charge in [-0.05, 0) is 24.1 Å². The molecule has 0 saturated heterocycles. The fourth-order valence-corrected chi connectivity index (χ4v) is 2.81. The van der Waals surface area contributed by atoms with Crippen LogP contribution in [0.1, 0.15) is 35.4 Å². The summed E-state index contributed by atoms with van der Waals surface area (Å²) in [6.45, 7) is 4.20. The fourth-order valence-electron chi connectivity index (χ4n) is 2.81. The van der Waals surface area contributed by atoms with Crippen molar-refractivity contribution in [1.82, 2.24) is 0 Å². The zero-order valence-corrected chi connectivity index (χ0v) is 11.9. The topological polar surface area (TPSA) is 39.2 Å². The van der Waals surface area contributed by atoms with Gasteiger partial charge in [0.25, 0.3) is 0 Å². The molecule has 0 aliphatic carbocycles. The molecular formula is C18H19NO. The first kappa shape index (κ1) is 12.9. The highest BCUT2D eigenvalue weighted by Crippen LogP contribution is 2.34. The molecule has 2 N–H and O–H groups in total. The van der Waals surface area contributed by atoms with Gasteiger partial charge in [-0.1, -0.05) is 49.4 Å². The molecule has 3 aromatic rings. The molecule has 0 radical (unpaired) electrons. The van der Waals surface area contributed by atoms with Crippen molar-refractivity contribution in [2.45, 2.75) is 26.3 Å². The Balaban J connectivity index is 2.21. The maximum Gasteiger partial charge on any atom is 0.134 e. The number of para-hydroxylation sites is 1. The lowest BCUT2D eigenvalue weighted by Crippen LogP contribution is -2.14. The van der Waals surface area contributed by atoms with Crippen molar-refractivity contribution in [2.75, 3.05) is 0 Å². The Hall–Kier alpha value is -2.06. The Morgan fingerprint density at radius 1 is 1.05 bits per heavy atom. The largest absolute Gasteiger partial charge is 0.461 e. The summed E-state index contributed by atoms with van der Waals surface area (Å²) in [5.41, 5.74) is 11.0. The Labute approximate surface area is 119 Å². The van der Waals surface area contributed by atoms with Gasteiger partial charge in [-0.2, -0.15) is 0 Å². The molecule has 0 aliphatic heterocycles. The third-order valence-corrected chi connectivity index (χ3v) is 3.87. The van der Waals surface area contributed by atoms with E-state index in [-0.39, 0.29) is 6.04 Å². The second-order valence-electron chi connectivity index (χ2n) is 5.12. The minimum atomic E-state index is -0.144. The summed E-state index contributed by atoms with van der Waals surface area (Å²) in [5.74, 6) is 0.988. The number of fused-ring (bicyclic) bond motifs is 1.